The molecule has 0 amide bonds. The van der Waals surface area contributed by atoms with Gasteiger partial charge in [0.15, 0.2) is 11.6 Å². The summed E-state index contributed by atoms with van der Waals surface area (Å²) in [7, 11) is 1.65. The van der Waals surface area contributed by atoms with Gasteiger partial charge in [0.05, 0.1) is 12.6 Å². The molecule has 1 atom stereocenters. The molecule has 0 unspecified atom stereocenters. The van der Waals surface area contributed by atoms with Crippen LogP contribution in [0.1, 0.15) is 30.3 Å². The zero-order chi connectivity index (χ0) is 20.9. The summed E-state index contributed by atoms with van der Waals surface area (Å²) < 4.78 is 37.2. The fourth-order valence-corrected chi connectivity index (χ4v) is 3.57. The first kappa shape index (κ1) is 20.4. The fourth-order valence-electron chi connectivity index (χ4n) is 3.57. The summed E-state index contributed by atoms with van der Waals surface area (Å²) in [6.07, 6.45) is 3.53. The first-order chi connectivity index (χ1) is 14.6. The molecule has 0 radical (unpaired) electrons. The minimum Gasteiger partial charge on any atom is -0.383 e. The molecule has 1 aromatic carbocycles. The summed E-state index contributed by atoms with van der Waals surface area (Å²) in [5.41, 5.74) is 1.47. The van der Waals surface area contributed by atoms with Gasteiger partial charge in [-0.25, -0.2) is 13.8 Å². The number of anilines is 1. The molecule has 3 aromatic rings. The zero-order valence-corrected chi connectivity index (χ0v) is 16.6. The minimum absolute atomic E-state index is 0.0534. The number of likely N-dealkylation sites (tertiary alicyclic amines) is 1. The average Bonchev–Trinajstić information content (AvgIpc) is 3.41. The highest BCUT2D eigenvalue weighted by Crippen LogP contribution is 2.33. The van der Waals surface area contributed by atoms with Crippen LogP contribution >= 0.6 is 0 Å². The predicted molar refractivity (Wildman–Crippen MR) is 107 cm³/mol. The van der Waals surface area contributed by atoms with E-state index in [1.54, 1.807) is 19.4 Å². The number of benzene rings is 1. The Morgan fingerprint density at radius 3 is 2.90 bits per heavy atom. The van der Waals surface area contributed by atoms with E-state index in [0.717, 1.165) is 36.8 Å². The SMILES string of the molecule is COCCNc1ccc(-c2noc([C@H]3CCCN3Cc3ccc(F)c(F)c3)n2)cn1. The average molecular weight is 415 g/mol. The molecule has 1 aliphatic heterocycles. The Morgan fingerprint density at radius 1 is 1.23 bits per heavy atom. The molecule has 1 fully saturated rings. The summed E-state index contributed by atoms with van der Waals surface area (Å²) in [5, 5.41) is 7.25. The maximum absolute atomic E-state index is 13.5. The molecule has 7 nitrogen and oxygen atoms in total. The van der Waals surface area contributed by atoms with Crippen LogP contribution in [0.4, 0.5) is 14.6 Å². The third-order valence-corrected chi connectivity index (χ3v) is 5.09. The second-order valence-corrected chi connectivity index (χ2v) is 7.18. The highest BCUT2D eigenvalue weighted by atomic mass is 19.2. The van der Waals surface area contributed by atoms with Crippen molar-refractivity contribution in [2.75, 3.05) is 32.1 Å². The number of pyridine rings is 1. The highest BCUT2D eigenvalue weighted by molar-refractivity contribution is 5.55. The third kappa shape index (κ3) is 4.63. The number of nitrogens with zero attached hydrogens (tertiary/aromatic N) is 4. The van der Waals surface area contributed by atoms with Crippen LogP contribution in [0.3, 0.4) is 0 Å². The molecular formula is C21H23F2N5O2. The Morgan fingerprint density at radius 2 is 2.13 bits per heavy atom. The minimum atomic E-state index is -0.841. The van der Waals surface area contributed by atoms with E-state index in [9.17, 15) is 8.78 Å². The normalized spacial score (nSPS) is 16.8. The first-order valence-electron chi connectivity index (χ1n) is 9.85. The van der Waals surface area contributed by atoms with E-state index in [1.807, 2.05) is 12.1 Å². The molecule has 30 heavy (non-hydrogen) atoms. The first-order valence-corrected chi connectivity index (χ1v) is 9.85. The van der Waals surface area contributed by atoms with Gasteiger partial charge >= 0.3 is 0 Å². The monoisotopic (exact) mass is 415 g/mol. The molecule has 1 saturated heterocycles. The van der Waals surface area contributed by atoms with Crippen LogP contribution < -0.4 is 5.32 Å². The number of halogens is 2. The quantitative estimate of drug-likeness (QED) is 0.561. The van der Waals surface area contributed by atoms with Crippen molar-refractivity contribution < 1.29 is 18.0 Å². The Bertz CT molecular complexity index is 980. The number of hydrogen-bond donors (Lipinski definition) is 1. The lowest BCUT2D eigenvalue weighted by molar-refractivity contribution is 0.201. The molecule has 4 rings (SSSR count). The van der Waals surface area contributed by atoms with Crippen LogP contribution in [0.25, 0.3) is 11.4 Å². The third-order valence-electron chi connectivity index (χ3n) is 5.09. The maximum Gasteiger partial charge on any atom is 0.244 e. The van der Waals surface area contributed by atoms with Crippen molar-refractivity contribution >= 4 is 5.82 Å². The number of nitrogens with one attached hydrogen (secondary N) is 1. The molecule has 1 aliphatic rings. The van der Waals surface area contributed by atoms with Crippen LogP contribution in [-0.4, -0.2) is 46.8 Å². The van der Waals surface area contributed by atoms with Gasteiger partial charge in [0, 0.05) is 32.0 Å². The molecule has 0 spiro atoms. The van der Waals surface area contributed by atoms with E-state index in [2.05, 4.69) is 25.3 Å². The molecule has 0 aliphatic carbocycles. The lowest BCUT2D eigenvalue weighted by atomic mass is 10.1. The van der Waals surface area contributed by atoms with E-state index >= 15 is 0 Å². The maximum atomic E-state index is 13.5. The van der Waals surface area contributed by atoms with Crippen LogP contribution in [0.2, 0.25) is 0 Å². The summed E-state index contributed by atoms with van der Waals surface area (Å²) in [6, 6.07) is 7.67. The van der Waals surface area contributed by atoms with E-state index in [-0.39, 0.29) is 6.04 Å². The standard InChI is InChI=1S/C21H23F2N5O2/c1-29-10-8-24-19-7-5-15(12-25-19)20-26-21(30-27-20)18-3-2-9-28(18)13-14-4-6-16(22)17(23)11-14/h4-7,11-12,18H,2-3,8-10,13H2,1H3,(H,24,25)/t18-/m1/s1. The van der Waals surface area contributed by atoms with Crippen LogP contribution in [-0.2, 0) is 11.3 Å². The Kier molecular flexibility index (Phi) is 6.29. The molecule has 9 heteroatoms. The zero-order valence-electron chi connectivity index (χ0n) is 16.6. The Hall–Kier alpha value is -2.91. The predicted octanol–water partition coefficient (Wildman–Crippen LogP) is 3.81. The van der Waals surface area contributed by atoms with Gasteiger partial charge in [0.25, 0.3) is 0 Å². The van der Waals surface area contributed by atoms with Crippen LogP contribution in [0, 0.1) is 11.6 Å². The second-order valence-electron chi connectivity index (χ2n) is 7.18. The molecular weight excluding hydrogens is 392 g/mol. The number of methoxy groups -OCH3 is 1. The number of rotatable bonds is 8. The van der Waals surface area contributed by atoms with Gasteiger partial charge in [0.1, 0.15) is 5.82 Å². The van der Waals surface area contributed by atoms with Crippen molar-refractivity contribution in [3.63, 3.8) is 0 Å². The van der Waals surface area contributed by atoms with Crippen LogP contribution in [0.5, 0.6) is 0 Å². The molecule has 1 N–H and O–H groups in total. The topological polar surface area (TPSA) is 76.3 Å². The molecule has 3 heterocycles. The molecule has 2 aromatic heterocycles. The van der Waals surface area contributed by atoms with Gasteiger partial charge in [-0.3, -0.25) is 4.90 Å². The Labute approximate surface area is 173 Å². The van der Waals surface area contributed by atoms with Gasteiger partial charge in [-0.05, 0) is 49.2 Å². The van der Waals surface area contributed by atoms with Crippen molar-refractivity contribution in [2.24, 2.45) is 0 Å². The van der Waals surface area contributed by atoms with E-state index < -0.39 is 11.6 Å². The fraction of sp³-hybridized carbons (Fsp3) is 0.381. The Balaban J connectivity index is 1.44. The van der Waals surface area contributed by atoms with Crippen LogP contribution in [0.15, 0.2) is 41.1 Å². The van der Waals surface area contributed by atoms with E-state index in [0.29, 0.717) is 37.0 Å². The number of ether oxygens (including phenoxy) is 1. The summed E-state index contributed by atoms with van der Waals surface area (Å²) in [6.45, 7) is 2.58. The highest BCUT2D eigenvalue weighted by Gasteiger charge is 2.31. The lowest BCUT2D eigenvalue weighted by Gasteiger charge is -2.21. The van der Waals surface area contributed by atoms with Crippen molar-refractivity contribution in [3.05, 3.63) is 59.6 Å². The number of aromatic nitrogens is 3. The number of hydrogen-bond acceptors (Lipinski definition) is 7. The van der Waals surface area contributed by atoms with E-state index in [1.165, 1.54) is 6.07 Å². The second kappa shape index (κ2) is 9.27. The summed E-state index contributed by atoms with van der Waals surface area (Å²) in [5.74, 6) is 0.0591. The smallest absolute Gasteiger partial charge is 0.244 e. The van der Waals surface area contributed by atoms with E-state index in [4.69, 9.17) is 9.26 Å². The van der Waals surface area contributed by atoms with Gasteiger partial charge in [-0.2, -0.15) is 4.98 Å². The van der Waals surface area contributed by atoms with Crippen molar-refractivity contribution in [2.45, 2.75) is 25.4 Å². The van der Waals surface area contributed by atoms with Gasteiger partial charge in [-0.1, -0.05) is 11.2 Å². The largest absolute Gasteiger partial charge is 0.383 e. The summed E-state index contributed by atoms with van der Waals surface area (Å²) >= 11 is 0. The van der Waals surface area contributed by atoms with Crippen molar-refractivity contribution in [3.8, 4) is 11.4 Å². The molecule has 0 bridgehead atoms. The molecule has 0 saturated carbocycles. The van der Waals surface area contributed by atoms with Gasteiger partial charge in [0.2, 0.25) is 11.7 Å². The van der Waals surface area contributed by atoms with Crippen molar-refractivity contribution in [1.29, 1.82) is 0 Å². The summed E-state index contributed by atoms with van der Waals surface area (Å²) in [4.78, 5) is 11.1. The lowest BCUT2D eigenvalue weighted by Crippen LogP contribution is -2.23. The van der Waals surface area contributed by atoms with Crippen molar-refractivity contribution in [1.82, 2.24) is 20.0 Å². The van der Waals surface area contributed by atoms with Gasteiger partial charge < -0.3 is 14.6 Å². The molecule has 158 valence electrons. The van der Waals surface area contributed by atoms with Gasteiger partial charge in [-0.15, -0.1) is 0 Å².